The topological polar surface area (TPSA) is 37.8 Å². The van der Waals surface area contributed by atoms with Gasteiger partial charge in [0.15, 0.2) is 5.13 Å². The van der Waals surface area contributed by atoms with Gasteiger partial charge in [-0.25, -0.2) is 4.98 Å². The number of nitrogens with zero attached hydrogens (tertiary/aromatic N) is 2. The SMILES string of the molecule is Cc1csc(Nc2ccncc2)n1. The first-order valence-electron chi connectivity index (χ1n) is 3.94. The van der Waals surface area contributed by atoms with E-state index in [-0.39, 0.29) is 0 Å². The molecule has 0 aliphatic carbocycles. The van der Waals surface area contributed by atoms with E-state index in [4.69, 9.17) is 0 Å². The third-order valence-electron chi connectivity index (χ3n) is 1.55. The van der Waals surface area contributed by atoms with E-state index in [2.05, 4.69) is 15.3 Å². The summed E-state index contributed by atoms with van der Waals surface area (Å²) in [5.41, 5.74) is 2.06. The normalized spacial score (nSPS) is 9.92. The standard InChI is InChI=1S/C9H9N3S/c1-7-6-13-9(11-7)12-8-2-4-10-5-3-8/h2-6H,1H3,(H,10,11,12). The van der Waals surface area contributed by atoms with Crippen LogP contribution in [0.4, 0.5) is 10.8 Å². The van der Waals surface area contributed by atoms with Crippen LogP contribution in [-0.4, -0.2) is 9.97 Å². The van der Waals surface area contributed by atoms with Crippen LogP contribution in [0.25, 0.3) is 0 Å². The number of aromatic nitrogens is 2. The highest BCUT2D eigenvalue weighted by Gasteiger charge is 1.97. The molecule has 0 saturated carbocycles. The number of thiazole rings is 1. The zero-order chi connectivity index (χ0) is 9.10. The Morgan fingerprint density at radius 2 is 2.08 bits per heavy atom. The van der Waals surface area contributed by atoms with Crippen molar-refractivity contribution < 1.29 is 0 Å². The molecule has 0 saturated heterocycles. The molecule has 13 heavy (non-hydrogen) atoms. The van der Waals surface area contributed by atoms with E-state index in [1.54, 1.807) is 23.7 Å². The number of aryl methyl sites for hydroxylation is 1. The first-order valence-corrected chi connectivity index (χ1v) is 4.82. The second-order valence-electron chi connectivity index (χ2n) is 2.65. The minimum absolute atomic E-state index is 0.920. The minimum Gasteiger partial charge on any atom is -0.331 e. The van der Waals surface area contributed by atoms with Crippen LogP contribution in [0.3, 0.4) is 0 Å². The second kappa shape index (κ2) is 3.53. The van der Waals surface area contributed by atoms with E-state index in [0.717, 1.165) is 16.5 Å². The number of pyridine rings is 1. The van der Waals surface area contributed by atoms with E-state index in [0.29, 0.717) is 0 Å². The van der Waals surface area contributed by atoms with Crippen LogP contribution in [-0.2, 0) is 0 Å². The van der Waals surface area contributed by atoms with Crippen molar-refractivity contribution in [1.29, 1.82) is 0 Å². The average molecular weight is 191 g/mol. The molecule has 0 aliphatic heterocycles. The lowest BCUT2D eigenvalue weighted by Crippen LogP contribution is -1.88. The van der Waals surface area contributed by atoms with Crippen molar-refractivity contribution in [3.63, 3.8) is 0 Å². The van der Waals surface area contributed by atoms with Crippen molar-refractivity contribution in [2.75, 3.05) is 5.32 Å². The minimum atomic E-state index is 0.920. The number of hydrogen-bond acceptors (Lipinski definition) is 4. The van der Waals surface area contributed by atoms with Crippen molar-refractivity contribution in [3.8, 4) is 0 Å². The van der Waals surface area contributed by atoms with Crippen molar-refractivity contribution in [2.24, 2.45) is 0 Å². The number of hydrogen-bond donors (Lipinski definition) is 1. The van der Waals surface area contributed by atoms with Crippen LogP contribution in [0.5, 0.6) is 0 Å². The molecule has 0 amide bonds. The third-order valence-corrected chi connectivity index (χ3v) is 2.43. The molecule has 0 bridgehead atoms. The molecule has 0 aliphatic rings. The summed E-state index contributed by atoms with van der Waals surface area (Å²) in [6.07, 6.45) is 3.51. The van der Waals surface area contributed by atoms with Crippen molar-refractivity contribution >= 4 is 22.2 Å². The molecule has 1 N–H and O–H groups in total. The lowest BCUT2D eigenvalue weighted by molar-refractivity contribution is 1.26. The van der Waals surface area contributed by atoms with Gasteiger partial charge in [0.25, 0.3) is 0 Å². The number of rotatable bonds is 2. The molecule has 0 atom stereocenters. The summed E-state index contributed by atoms with van der Waals surface area (Å²) in [5.74, 6) is 0. The molecule has 0 radical (unpaired) electrons. The molecule has 66 valence electrons. The molecule has 0 unspecified atom stereocenters. The number of anilines is 2. The molecule has 2 heterocycles. The summed E-state index contributed by atoms with van der Waals surface area (Å²) in [6.45, 7) is 1.98. The van der Waals surface area contributed by atoms with Gasteiger partial charge in [-0.1, -0.05) is 0 Å². The molecule has 4 heteroatoms. The van der Waals surface area contributed by atoms with Gasteiger partial charge in [-0.05, 0) is 19.1 Å². The Kier molecular flexibility index (Phi) is 2.23. The summed E-state index contributed by atoms with van der Waals surface area (Å²) in [4.78, 5) is 8.23. The summed E-state index contributed by atoms with van der Waals surface area (Å²) in [7, 11) is 0. The summed E-state index contributed by atoms with van der Waals surface area (Å²) in [6, 6.07) is 3.83. The Hall–Kier alpha value is -1.42. The van der Waals surface area contributed by atoms with Gasteiger partial charge in [0, 0.05) is 23.5 Å². The number of nitrogens with one attached hydrogen (secondary N) is 1. The van der Waals surface area contributed by atoms with Gasteiger partial charge in [0.1, 0.15) is 0 Å². The van der Waals surface area contributed by atoms with E-state index in [1.807, 2.05) is 24.4 Å². The quantitative estimate of drug-likeness (QED) is 0.792. The molecular weight excluding hydrogens is 182 g/mol. The molecule has 3 nitrogen and oxygen atoms in total. The molecule has 0 aromatic carbocycles. The van der Waals surface area contributed by atoms with Gasteiger partial charge < -0.3 is 5.32 Å². The van der Waals surface area contributed by atoms with E-state index >= 15 is 0 Å². The Morgan fingerprint density at radius 1 is 1.31 bits per heavy atom. The maximum Gasteiger partial charge on any atom is 0.187 e. The smallest absolute Gasteiger partial charge is 0.187 e. The fourth-order valence-corrected chi connectivity index (χ4v) is 1.68. The van der Waals surface area contributed by atoms with Gasteiger partial charge in [0.05, 0.1) is 5.69 Å². The maximum absolute atomic E-state index is 4.29. The van der Waals surface area contributed by atoms with Gasteiger partial charge in [-0.2, -0.15) is 0 Å². The highest BCUT2D eigenvalue weighted by Crippen LogP contribution is 2.19. The van der Waals surface area contributed by atoms with Crippen LogP contribution in [0.2, 0.25) is 0 Å². The zero-order valence-corrected chi connectivity index (χ0v) is 8.01. The Morgan fingerprint density at radius 3 is 2.69 bits per heavy atom. The summed E-state index contributed by atoms with van der Waals surface area (Å²) >= 11 is 1.60. The van der Waals surface area contributed by atoms with Crippen LogP contribution >= 0.6 is 11.3 Å². The fourth-order valence-electron chi connectivity index (χ4n) is 0.970. The van der Waals surface area contributed by atoms with E-state index in [1.165, 1.54) is 0 Å². The monoisotopic (exact) mass is 191 g/mol. The lowest BCUT2D eigenvalue weighted by atomic mass is 10.4. The highest BCUT2D eigenvalue weighted by molar-refractivity contribution is 7.13. The maximum atomic E-state index is 4.29. The van der Waals surface area contributed by atoms with E-state index < -0.39 is 0 Å². The predicted octanol–water partition coefficient (Wildman–Crippen LogP) is 2.59. The highest BCUT2D eigenvalue weighted by atomic mass is 32.1. The van der Waals surface area contributed by atoms with Crippen molar-refractivity contribution in [1.82, 2.24) is 9.97 Å². The molecule has 2 aromatic rings. The van der Waals surface area contributed by atoms with Crippen LogP contribution in [0.15, 0.2) is 29.9 Å². The van der Waals surface area contributed by atoms with Crippen LogP contribution < -0.4 is 5.32 Å². The first kappa shape index (κ1) is 8.19. The Bertz CT molecular complexity index is 383. The van der Waals surface area contributed by atoms with Gasteiger partial charge in [-0.15, -0.1) is 11.3 Å². The van der Waals surface area contributed by atoms with E-state index in [9.17, 15) is 0 Å². The molecular formula is C9H9N3S. The third kappa shape index (κ3) is 2.03. The van der Waals surface area contributed by atoms with Crippen LogP contribution in [0.1, 0.15) is 5.69 Å². The summed E-state index contributed by atoms with van der Waals surface area (Å²) in [5, 5.41) is 6.13. The fraction of sp³-hybridized carbons (Fsp3) is 0.111. The molecule has 0 spiro atoms. The Labute approximate surface area is 80.5 Å². The van der Waals surface area contributed by atoms with Gasteiger partial charge >= 0.3 is 0 Å². The second-order valence-corrected chi connectivity index (χ2v) is 3.51. The largest absolute Gasteiger partial charge is 0.331 e. The van der Waals surface area contributed by atoms with Crippen molar-refractivity contribution in [2.45, 2.75) is 6.92 Å². The molecule has 2 aromatic heterocycles. The average Bonchev–Trinajstić information content (AvgIpc) is 2.53. The molecule has 0 fully saturated rings. The zero-order valence-electron chi connectivity index (χ0n) is 7.19. The van der Waals surface area contributed by atoms with Crippen LogP contribution in [0, 0.1) is 6.92 Å². The summed E-state index contributed by atoms with van der Waals surface area (Å²) < 4.78 is 0. The van der Waals surface area contributed by atoms with Crippen molar-refractivity contribution in [3.05, 3.63) is 35.6 Å². The van der Waals surface area contributed by atoms with Gasteiger partial charge in [0.2, 0.25) is 0 Å². The molecule has 2 rings (SSSR count). The van der Waals surface area contributed by atoms with Gasteiger partial charge in [-0.3, -0.25) is 4.98 Å². The first-order chi connectivity index (χ1) is 6.34. The predicted molar refractivity (Wildman–Crippen MR) is 54.4 cm³/mol. The Balaban J connectivity index is 2.15. The lowest BCUT2D eigenvalue weighted by Gasteiger charge is -1.99.